The summed E-state index contributed by atoms with van der Waals surface area (Å²) < 4.78 is 38.8. The van der Waals surface area contributed by atoms with E-state index in [1.54, 1.807) is 13.0 Å². The van der Waals surface area contributed by atoms with E-state index in [9.17, 15) is 17.6 Å². The van der Waals surface area contributed by atoms with Gasteiger partial charge in [-0.2, -0.15) is 0 Å². The van der Waals surface area contributed by atoms with E-state index < -0.39 is 21.7 Å². The molecule has 122 valence electrons. The Balaban J connectivity index is 2.36. The first kappa shape index (κ1) is 17.2. The number of carbonyl (C=O) groups excluding carboxylic acids is 1. The van der Waals surface area contributed by atoms with Gasteiger partial charge in [0.1, 0.15) is 5.82 Å². The van der Waals surface area contributed by atoms with Crippen molar-refractivity contribution in [3.63, 3.8) is 0 Å². The van der Waals surface area contributed by atoms with Crippen LogP contribution in [0.1, 0.15) is 15.9 Å². The number of hydrogen-bond donors (Lipinski definition) is 2. The second-order valence-electron chi connectivity index (χ2n) is 5.00. The number of aryl methyl sites for hydroxylation is 1. The van der Waals surface area contributed by atoms with E-state index in [0.29, 0.717) is 5.56 Å². The predicted molar refractivity (Wildman–Crippen MR) is 89.0 cm³/mol. The SMILES string of the molecule is Cc1ccc(NC(=O)c2cc(Cl)ccc2NS(C)(=O)=O)c(F)c1. The van der Waals surface area contributed by atoms with Crippen LogP contribution < -0.4 is 10.0 Å². The maximum Gasteiger partial charge on any atom is 0.257 e. The molecule has 0 bridgehead atoms. The molecule has 5 nitrogen and oxygen atoms in total. The van der Waals surface area contributed by atoms with Gasteiger partial charge in [0.05, 0.1) is 23.2 Å². The fourth-order valence-electron chi connectivity index (χ4n) is 1.90. The van der Waals surface area contributed by atoms with E-state index in [1.165, 1.54) is 30.3 Å². The summed E-state index contributed by atoms with van der Waals surface area (Å²) in [7, 11) is -3.58. The highest BCUT2D eigenvalue weighted by atomic mass is 35.5. The molecule has 8 heteroatoms. The van der Waals surface area contributed by atoms with Crippen LogP contribution in [0.2, 0.25) is 5.02 Å². The summed E-state index contributed by atoms with van der Waals surface area (Å²) >= 11 is 5.86. The normalized spacial score (nSPS) is 11.1. The number of carbonyl (C=O) groups is 1. The Morgan fingerprint density at radius 3 is 2.39 bits per heavy atom. The van der Waals surface area contributed by atoms with Gasteiger partial charge >= 0.3 is 0 Å². The maximum absolute atomic E-state index is 13.8. The molecule has 23 heavy (non-hydrogen) atoms. The van der Waals surface area contributed by atoms with Crippen LogP contribution >= 0.6 is 11.6 Å². The predicted octanol–water partition coefficient (Wildman–Crippen LogP) is 3.41. The van der Waals surface area contributed by atoms with E-state index in [2.05, 4.69) is 10.0 Å². The molecular formula is C15H14ClFN2O3S. The van der Waals surface area contributed by atoms with E-state index in [1.807, 2.05) is 0 Å². The quantitative estimate of drug-likeness (QED) is 0.881. The first-order valence-electron chi connectivity index (χ1n) is 6.50. The number of anilines is 2. The van der Waals surface area contributed by atoms with E-state index in [0.717, 1.165) is 6.26 Å². The molecule has 0 spiro atoms. The Labute approximate surface area is 138 Å². The molecule has 0 radical (unpaired) electrons. The van der Waals surface area contributed by atoms with Gasteiger partial charge in [0.25, 0.3) is 5.91 Å². The number of nitrogens with one attached hydrogen (secondary N) is 2. The van der Waals surface area contributed by atoms with Crippen LogP contribution in [-0.4, -0.2) is 20.6 Å². The molecule has 0 saturated carbocycles. The maximum atomic E-state index is 13.8. The minimum atomic E-state index is -3.58. The molecule has 0 aromatic heterocycles. The Morgan fingerprint density at radius 1 is 1.13 bits per heavy atom. The molecule has 0 fully saturated rings. The zero-order valence-corrected chi connectivity index (χ0v) is 13.9. The summed E-state index contributed by atoms with van der Waals surface area (Å²) in [6.45, 7) is 1.72. The van der Waals surface area contributed by atoms with Crippen LogP contribution in [0.4, 0.5) is 15.8 Å². The van der Waals surface area contributed by atoms with Crippen molar-refractivity contribution in [2.24, 2.45) is 0 Å². The van der Waals surface area contributed by atoms with Crippen molar-refractivity contribution in [2.45, 2.75) is 6.92 Å². The second-order valence-corrected chi connectivity index (χ2v) is 7.19. The van der Waals surface area contributed by atoms with Crippen LogP contribution in [-0.2, 0) is 10.0 Å². The monoisotopic (exact) mass is 356 g/mol. The minimum Gasteiger partial charge on any atom is -0.319 e. The zero-order valence-electron chi connectivity index (χ0n) is 12.4. The average Bonchev–Trinajstić information content (AvgIpc) is 2.42. The van der Waals surface area contributed by atoms with Gasteiger partial charge in [-0.3, -0.25) is 9.52 Å². The summed E-state index contributed by atoms with van der Waals surface area (Å²) in [5.41, 5.74) is 0.749. The van der Waals surface area contributed by atoms with Crippen LogP contribution in [0, 0.1) is 12.7 Å². The number of sulfonamides is 1. The van der Waals surface area contributed by atoms with Crippen LogP contribution in [0.25, 0.3) is 0 Å². The fourth-order valence-corrected chi connectivity index (χ4v) is 2.65. The molecule has 1 amide bonds. The lowest BCUT2D eigenvalue weighted by Crippen LogP contribution is -2.18. The number of benzene rings is 2. The fraction of sp³-hybridized carbons (Fsp3) is 0.133. The highest BCUT2D eigenvalue weighted by Gasteiger charge is 2.16. The summed E-state index contributed by atoms with van der Waals surface area (Å²) in [4.78, 5) is 12.3. The summed E-state index contributed by atoms with van der Waals surface area (Å²) in [6, 6.07) is 8.46. The van der Waals surface area contributed by atoms with Crippen molar-refractivity contribution in [3.05, 3.63) is 58.4 Å². The number of amides is 1. The van der Waals surface area contributed by atoms with Gasteiger partial charge in [-0.25, -0.2) is 12.8 Å². The molecule has 0 unspecified atom stereocenters. The van der Waals surface area contributed by atoms with Gasteiger partial charge < -0.3 is 5.32 Å². The molecule has 0 aliphatic carbocycles. The van der Waals surface area contributed by atoms with Crippen molar-refractivity contribution < 1.29 is 17.6 Å². The molecule has 0 atom stereocenters. The lowest BCUT2D eigenvalue weighted by Gasteiger charge is -2.12. The molecule has 2 aromatic rings. The smallest absolute Gasteiger partial charge is 0.257 e. The first-order chi connectivity index (χ1) is 10.7. The van der Waals surface area contributed by atoms with Crippen molar-refractivity contribution in [3.8, 4) is 0 Å². The van der Waals surface area contributed by atoms with Gasteiger partial charge in [-0.15, -0.1) is 0 Å². The molecule has 2 rings (SSSR count). The Morgan fingerprint density at radius 2 is 1.78 bits per heavy atom. The second kappa shape index (κ2) is 6.55. The molecule has 0 heterocycles. The molecule has 0 saturated heterocycles. The van der Waals surface area contributed by atoms with Crippen molar-refractivity contribution in [1.29, 1.82) is 0 Å². The van der Waals surface area contributed by atoms with Crippen LogP contribution in [0.15, 0.2) is 36.4 Å². The highest BCUT2D eigenvalue weighted by molar-refractivity contribution is 7.92. The summed E-state index contributed by atoms with van der Waals surface area (Å²) in [6.07, 6.45) is 0.961. The van der Waals surface area contributed by atoms with Gasteiger partial charge in [0.2, 0.25) is 10.0 Å². The topological polar surface area (TPSA) is 75.3 Å². The Bertz CT molecular complexity index is 869. The van der Waals surface area contributed by atoms with Gasteiger partial charge in [0.15, 0.2) is 0 Å². The lowest BCUT2D eigenvalue weighted by molar-refractivity contribution is 0.102. The van der Waals surface area contributed by atoms with Crippen molar-refractivity contribution in [1.82, 2.24) is 0 Å². The van der Waals surface area contributed by atoms with Crippen LogP contribution in [0.5, 0.6) is 0 Å². The van der Waals surface area contributed by atoms with E-state index in [-0.39, 0.29) is 22.0 Å². The molecule has 2 N–H and O–H groups in total. The summed E-state index contributed by atoms with van der Waals surface area (Å²) in [5.74, 6) is -1.26. The summed E-state index contributed by atoms with van der Waals surface area (Å²) in [5, 5.41) is 2.65. The molecule has 0 aliphatic heterocycles. The molecule has 2 aromatic carbocycles. The van der Waals surface area contributed by atoms with E-state index in [4.69, 9.17) is 11.6 Å². The van der Waals surface area contributed by atoms with Gasteiger partial charge in [-0.1, -0.05) is 17.7 Å². The Kier molecular flexibility index (Phi) is 4.91. The van der Waals surface area contributed by atoms with Crippen molar-refractivity contribution in [2.75, 3.05) is 16.3 Å². The first-order valence-corrected chi connectivity index (χ1v) is 8.77. The van der Waals surface area contributed by atoms with Gasteiger partial charge in [0, 0.05) is 5.02 Å². The average molecular weight is 357 g/mol. The third kappa shape index (κ3) is 4.67. The third-order valence-electron chi connectivity index (χ3n) is 2.89. The zero-order chi connectivity index (χ0) is 17.2. The standard InChI is InChI=1S/C15H14ClFN2O3S/c1-9-3-5-14(12(17)7-9)18-15(20)11-8-10(16)4-6-13(11)19-23(2,21)22/h3-8,19H,1-2H3,(H,18,20). The Hall–Kier alpha value is -2.12. The minimum absolute atomic E-state index is 0.00844. The number of halogens is 2. The number of rotatable bonds is 4. The highest BCUT2D eigenvalue weighted by Crippen LogP contribution is 2.24. The molecular weight excluding hydrogens is 343 g/mol. The number of hydrogen-bond acceptors (Lipinski definition) is 3. The van der Waals surface area contributed by atoms with E-state index >= 15 is 0 Å². The largest absolute Gasteiger partial charge is 0.319 e. The van der Waals surface area contributed by atoms with Gasteiger partial charge in [-0.05, 0) is 42.8 Å². The third-order valence-corrected chi connectivity index (χ3v) is 3.72. The van der Waals surface area contributed by atoms with Crippen LogP contribution in [0.3, 0.4) is 0 Å². The van der Waals surface area contributed by atoms with Crippen molar-refractivity contribution >= 4 is 38.9 Å². The molecule has 0 aliphatic rings. The lowest BCUT2D eigenvalue weighted by atomic mass is 10.1.